The fraction of sp³-hybridized carbons (Fsp3) is 0.0909. The van der Waals surface area contributed by atoms with Gasteiger partial charge in [0.05, 0.1) is 11.1 Å². The molecule has 30 heavy (non-hydrogen) atoms. The SMILES string of the molecule is O=C(COC(=O)c1[nH]c2ccccc2c1Cl)NC(c1ccc(F)cc1)c1cccs1. The van der Waals surface area contributed by atoms with Crippen molar-refractivity contribution in [3.63, 3.8) is 0 Å². The smallest absolute Gasteiger partial charge is 0.356 e. The van der Waals surface area contributed by atoms with Crippen LogP contribution in [0.15, 0.2) is 66.0 Å². The highest BCUT2D eigenvalue weighted by Gasteiger charge is 2.21. The number of carbonyl (C=O) groups excluding carboxylic acids is 2. The number of nitrogens with one attached hydrogen (secondary N) is 2. The summed E-state index contributed by atoms with van der Waals surface area (Å²) in [5.41, 5.74) is 1.52. The zero-order valence-corrected chi connectivity index (χ0v) is 17.1. The van der Waals surface area contributed by atoms with Crippen molar-refractivity contribution in [2.24, 2.45) is 0 Å². The Morgan fingerprint density at radius 1 is 1.10 bits per heavy atom. The Morgan fingerprint density at radius 3 is 2.57 bits per heavy atom. The Kier molecular flexibility index (Phi) is 5.83. The molecule has 4 rings (SSSR count). The second-order valence-electron chi connectivity index (χ2n) is 6.50. The quantitative estimate of drug-likeness (QED) is 0.409. The molecule has 8 heteroatoms. The number of esters is 1. The third-order valence-electron chi connectivity index (χ3n) is 4.52. The van der Waals surface area contributed by atoms with Crippen LogP contribution in [-0.2, 0) is 9.53 Å². The van der Waals surface area contributed by atoms with E-state index in [1.165, 1.54) is 23.5 Å². The minimum atomic E-state index is -0.721. The number of H-pyrrole nitrogens is 1. The Morgan fingerprint density at radius 2 is 1.87 bits per heavy atom. The van der Waals surface area contributed by atoms with E-state index in [9.17, 15) is 14.0 Å². The van der Waals surface area contributed by atoms with Gasteiger partial charge in [-0.2, -0.15) is 0 Å². The molecule has 2 aromatic carbocycles. The van der Waals surface area contributed by atoms with Gasteiger partial charge in [-0.25, -0.2) is 9.18 Å². The monoisotopic (exact) mass is 442 g/mol. The number of rotatable bonds is 6. The van der Waals surface area contributed by atoms with Gasteiger partial charge in [0.15, 0.2) is 6.61 Å². The van der Waals surface area contributed by atoms with Crippen LogP contribution in [0.4, 0.5) is 4.39 Å². The van der Waals surface area contributed by atoms with Gasteiger partial charge in [0.25, 0.3) is 5.91 Å². The van der Waals surface area contributed by atoms with Crippen molar-refractivity contribution < 1.29 is 18.7 Å². The number of halogens is 2. The lowest BCUT2D eigenvalue weighted by molar-refractivity contribution is -0.124. The van der Waals surface area contributed by atoms with Crippen molar-refractivity contribution in [3.05, 3.63) is 93.0 Å². The lowest BCUT2D eigenvalue weighted by Crippen LogP contribution is -2.32. The van der Waals surface area contributed by atoms with E-state index in [2.05, 4.69) is 10.3 Å². The molecule has 1 atom stereocenters. The summed E-state index contributed by atoms with van der Waals surface area (Å²) < 4.78 is 18.4. The minimum Gasteiger partial charge on any atom is -0.451 e. The number of hydrogen-bond donors (Lipinski definition) is 2. The van der Waals surface area contributed by atoms with Gasteiger partial charge in [-0.3, -0.25) is 4.79 Å². The van der Waals surface area contributed by atoms with Crippen LogP contribution < -0.4 is 5.32 Å². The van der Waals surface area contributed by atoms with Gasteiger partial charge in [-0.05, 0) is 35.2 Å². The standard InChI is InChI=1S/C22H16ClFN2O3S/c23-19-15-4-1-2-5-16(15)25-21(19)22(28)29-12-18(27)26-20(17-6-3-11-30-17)13-7-9-14(24)10-8-13/h1-11,20,25H,12H2,(H,26,27). The minimum absolute atomic E-state index is 0.0963. The number of ether oxygens (including phenoxy) is 1. The van der Waals surface area contributed by atoms with Crippen LogP contribution in [0.3, 0.4) is 0 Å². The fourth-order valence-electron chi connectivity index (χ4n) is 3.08. The molecule has 0 saturated carbocycles. The Hall–Kier alpha value is -3.16. The van der Waals surface area contributed by atoms with Crippen LogP contribution in [-0.4, -0.2) is 23.5 Å². The van der Waals surface area contributed by atoms with Crippen molar-refractivity contribution in [1.82, 2.24) is 10.3 Å². The number of aromatic nitrogens is 1. The molecule has 0 aliphatic carbocycles. The number of aromatic amines is 1. The zero-order chi connectivity index (χ0) is 21.1. The average molecular weight is 443 g/mol. The molecule has 1 amide bonds. The summed E-state index contributed by atoms with van der Waals surface area (Å²) in [6.45, 7) is -0.479. The summed E-state index contributed by atoms with van der Waals surface area (Å²) in [7, 11) is 0. The number of para-hydroxylation sites is 1. The normalized spacial score (nSPS) is 11.9. The fourth-order valence-corrected chi connectivity index (χ4v) is 4.18. The summed E-state index contributed by atoms with van der Waals surface area (Å²) in [6.07, 6.45) is 0. The predicted octanol–water partition coefficient (Wildman–Crippen LogP) is 5.08. The molecule has 0 aliphatic rings. The summed E-state index contributed by atoms with van der Waals surface area (Å²) in [5.74, 6) is -1.57. The van der Waals surface area contributed by atoms with Crippen molar-refractivity contribution in [1.29, 1.82) is 0 Å². The highest BCUT2D eigenvalue weighted by Crippen LogP contribution is 2.28. The first-order valence-electron chi connectivity index (χ1n) is 9.04. The molecule has 5 nitrogen and oxygen atoms in total. The maximum Gasteiger partial charge on any atom is 0.356 e. The molecule has 0 fully saturated rings. The Balaban J connectivity index is 1.45. The molecule has 0 aliphatic heterocycles. The molecule has 0 bridgehead atoms. The van der Waals surface area contributed by atoms with Crippen molar-refractivity contribution >= 4 is 45.7 Å². The number of benzene rings is 2. The highest BCUT2D eigenvalue weighted by atomic mass is 35.5. The number of fused-ring (bicyclic) bond motifs is 1. The zero-order valence-electron chi connectivity index (χ0n) is 15.5. The molecular formula is C22H16ClFN2O3S. The van der Waals surface area contributed by atoms with E-state index < -0.39 is 24.5 Å². The summed E-state index contributed by atoms with van der Waals surface area (Å²) in [6, 6.07) is 16.3. The average Bonchev–Trinajstić information content (AvgIpc) is 3.40. The second-order valence-corrected chi connectivity index (χ2v) is 7.86. The van der Waals surface area contributed by atoms with E-state index in [0.717, 1.165) is 10.4 Å². The van der Waals surface area contributed by atoms with Gasteiger partial charge in [0.1, 0.15) is 11.5 Å². The van der Waals surface area contributed by atoms with Crippen LogP contribution in [0.1, 0.15) is 27.0 Å². The molecule has 0 saturated heterocycles. The number of amides is 1. The van der Waals surface area contributed by atoms with Crippen LogP contribution >= 0.6 is 22.9 Å². The van der Waals surface area contributed by atoms with E-state index in [-0.39, 0.29) is 16.5 Å². The van der Waals surface area contributed by atoms with E-state index in [4.69, 9.17) is 16.3 Å². The first kappa shape index (κ1) is 20.1. The summed E-state index contributed by atoms with van der Waals surface area (Å²) in [5, 5.41) is 5.66. The second kappa shape index (κ2) is 8.69. The maximum atomic E-state index is 13.3. The lowest BCUT2D eigenvalue weighted by Gasteiger charge is -2.18. The van der Waals surface area contributed by atoms with Crippen molar-refractivity contribution in [2.45, 2.75) is 6.04 Å². The molecule has 2 aromatic heterocycles. The van der Waals surface area contributed by atoms with Crippen molar-refractivity contribution in [2.75, 3.05) is 6.61 Å². The highest BCUT2D eigenvalue weighted by molar-refractivity contribution is 7.10. The number of hydrogen-bond acceptors (Lipinski definition) is 4. The van der Waals surface area contributed by atoms with E-state index in [1.807, 2.05) is 29.6 Å². The van der Waals surface area contributed by atoms with Crippen molar-refractivity contribution in [3.8, 4) is 0 Å². The third kappa shape index (κ3) is 4.22. The molecular weight excluding hydrogens is 427 g/mol. The maximum absolute atomic E-state index is 13.3. The van der Waals surface area contributed by atoms with Gasteiger partial charge in [-0.1, -0.05) is 48.0 Å². The van der Waals surface area contributed by atoms with Gasteiger partial charge >= 0.3 is 5.97 Å². The molecule has 0 radical (unpaired) electrons. The van der Waals surface area contributed by atoms with Gasteiger partial charge < -0.3 is 15.0 Å². The molecule has 2 N–H and O–H groups in total. The molecule has 0 spiro atoms. The van der Waals surface area contributed by atoms with Crippen LogP contribution in [0.5, 0.6) is 0 Å². The largest absolute Gasteiger partial charge is 0.451 e. The van der Waals surface area contributed by atoms with Gasteiger partial charge in [0, 0.05) is 15.8 Å². The first-order chi connectivity index (χ1) is 14.5. The van der Waals surface area contributed by atoms with E-state index in [0.29, 0.717) is 10.9 Å². The van der Waals surface area contributed by atoms with Crippen LogP contribution in [0, 0.1) is 5.82 Å². The Labute approximate surface area is 180 Å². The van der Waals surface area contributed by atoms with E-state index >= 15 is 0 Å². The lowest BCUT2D eigenvalue weighted by atomic mass is 10.1. The van der Waals surface area contributed by atoms with Gasteiger partial charge in [-0.15, -0.1) is 11.3 Å². The predicted molar refractivity (Wildman–Crippen MR) is 114 cm³/mol. The molecule has 152 valence electrons. The number of thiophene rings is 1. The van der Waals surface area contributed by atoms with Gasteiger partial charge in [0.2, 0.25) is 0 Å². The molecule has 2 heterocycles. The van der Waals surface area contributed by atoms with E-state index in [1.54, 1.807) is 24.3 Å². The van der Waals surface area contributed by atoms with Crippen LogP contribution in [0.2, 0.25) is 5.02 Å². The third-order valence-corrected chi connectivity index (χ3v) is 5.85. The Bertz CT molecular complexity index is 1190. The topological polar surface area (TPSA) is 71.2 Å². The molecule has 1 unspecified atom stereocenters. The summed E-state index contributed by atoms with van der Waals surface area (Å²) in [4.78, 5) is 28.7. The first-order valence-corrected chi connectivity index (χ1v) is 10.3. The summed E-state index contributed by atoms with van der Waals surface area (Å²) >= 11 is 7.71. The number of carbonyl (C=O) groups is 2. The van der Waals surface area contributed by atoms with Crippen LogP contribution in [0.25, 0.3) is 10.9 Å². The molecule has 4 aromatic rings.